The SMILES string of the molecule is CCC1Nc2cc(C)c(C)cc2N(C)C1=O. The van der Waals surface area contributed by atoms with E-state index in [-0.39, 0.29) is 11.9 Å². The van der Waals surface area contributed by atoms with Crippen molar-refractivity contribution in [3.63, 3.8) is 0 Å². The third-order valence-electron chi connectivity index (χ3n) is 3.34. The molecule has 3 heteroatoms. The van der Waals surface area contributed by atoms with Crippen molar-refractivity contribution < 1.29 is 4.79 Å². The molecule has 0 radical (unpaired) electrons. The fraction of sp³-hybridized carbons (Fsp3) is 0.462. The molecule has 0 fully saturated rings. The highest BCUT2D eigenvalue weighted by atomic mass is 16.2. The third-order valence-corrected chi connectivity index (χ3v) is 3.34. The summed E-state index contributed by atoms with van der Waals surface area (Å²) in [4.78, 5) is 13.7. The fourth-order valence-electron chi connectivity index (χ4n) is 2.07. The van der Waals surface area contributed by atoms with Crippen LogP contribution in [-0.2, 0) is 4.79 Å². The lowest BCUT2D eigenvalue weighted by molar-refractivity contribution is -0.119. The number of rotatable bonds is 1. The molecule has 0 aromatic heterocycles. The Morgan fingerprint density at radius 1 is 1.31 bits per heavy atom. The molecule has 3 nitrogen and oxygen atoms in total. The van der Waals surface area contributed by atoms with Crippen LogP contribution in [0.3, 0.4) is 0 Å². The van der Waals surface area contributed by atoms with E-state index in [1.807, 2.05) is 14.0 Å². The first kappa shape index (κ1) is 11.0. The van der Waals surface area contributed by atoms with E-state index in [0.29, 0.717) is 0 Å². The van der Waals surface area contributed by atoms with Crippen LogP contribution in [0.2, 0.25) is 0 Å². The molecule has 0 spiro atoms. The number of benzene rings is 1. The fourth-order valence-corrected chi connectivity index (χ4v) is 2.07. The Morgan fingerprint density at radius 2 is 1.94 bits per heavy atom. The molecule has 1 heterocycles. The molecule has 1 atom stereocenters. The second kappa shape index (κ2) is 3.81. The molecule has 1 N–H and O–H groups in total. The van der Waals surface area contributed by atoms with E-state index < -0.39 is 0 Å². The van der Waals surface area contributed by atoms with Gasteiger partial charge in [0.05, 0.1) is 11.4 Å². The zero-order chi connectivity index (χ0) is 11.9. The van der Waals surface area contributed by atoms with Crippen molar-refractivity contribution >= 4 is 17.3 Å². The van der Waals surface area contributed by atoms with Gasteiger partial charge in [-0.25, -0.2) is 0 Å². The Kier molecular flexibility index (Phi) is 2.62. The quantitative estimate of drug-likeness (QED) is 0.785. The number of hydrogen-bond acceptors (Lipinski definition) is 2. The van der Waals surface area contributed by atoms with Gasteiger partial charge in [-0.05, 0) is 43.5 Å². The molecule has 1 aliphatic rings. The monoisotopic (exact) mass is 218 g/mol. The Hall–Kier alpha value is -1.51. The molecular weight excluding hydrogens is 200 g/mol. The van der Waals surface area contributed by atoms with E-state index >= 15 is 0 Å². The Labute approximate surface area is 96.5 Å². The normalized spacial score (nSPS) is 19.4. The summed E-state index contributed by atoms with van der Waals surface area (Å²) in [6.45, 7) is 6.18. The molecule has 1 aromatic rings. The smallest absolute Gasteiger partial charge is 0.249 e. The minimum absolute atomic E-state index is 0.0837. The summed E-state index contributed by atoms with van der Waals surface area (Å²) in [5, 5.41) is 3.30. The van der Waals surface area contributed by atoms with Crippen molar-refractivity contribution in [2.24, 2.45) is 0 Å². The summed E-state index contributed by atoms with van der Waals surface area (Å²) < 4.78 is 0. The average Bonchev–Trinajstić information content (AvgIpc) is 2.26. The minimum atomic E-state index is -0.0837. The molecule has 1 aromatic carbocycles. The highest BCUT2D eigenvalue weighted by Crippen LogP contribution is 2.33. The van der Waals surface area contributed by atoms with E-state index in [4.69, 9.17) is 0 Å². The molecule has 0 bridgehead atoms. The lowest BCUT2D eigenvalue weighted by atomic mass is 10.0. The highest BCUT2D eigenvalue weighted by Gasteiger charge is 2.28. The molecule has 1 aliphatic heterocycles. The van der Waals surface area contributed by atoms with Crippen molar-refractivity contribution in [2.75, 3.05) is 17.3 Å². The number of anilines is 2. The Balaban J connectivity index is 2.50. The predicted octanol–water partition coefficient (Wildman–Crippen LogP) is 2.47. The summed E-state index contributed by atoms with van der Waals surface area (Å²) >= 11 is 0. The van der Waals surface area contributed by atoms with Crippen LogP contribution in [0.5, 0.6) is 0 Å². The predicted molar refractivity (Wildman–Crippen MR) is 67.0 cm³/mol. The topological polar surface area (TPSA) is 32.3 Å². The van der Waals surface area contributed by atoms with E-state index in [0.717, 1.165) is 17.8 Å². The zero-order valence-corrected chi connectivity index (χ0v) is 10.3. The van der Waals surface area contributed by atoms with Crippen molar-refractivity contribution in [1.82, 2.24) is 0 Å². The van der Waals surface area contributed by atoms with Gasteiger partial charge in [-0.1, -0.05) is 6.92 Å². The lowest BCUT2D eigenvalue weighted by Crippen LogP contribution is -2.44. The average molecular weight is 218 g/mol. The molecule has 0 saturated carbocycles. The van der Waals surface area contributed by atoms with Crippen LogP contribution in [0.1, 0.15) is 24.5 Å². The first-order valence-electron chi connectivity index (χ1n) is 5.70. The van der Waals surface area contributed by atoms with Gasteiger partial charge in [-0.2, -0.15) is 0 Å². The van der Waals surface area contributed by atoms with E-state index in [2.05, 4.69) is 31.3 Å². The second-order valence-electron chi connectivity index (χ2n) is 4.46. The maximum atomic E-state index is 12.0. The summed E-state index contributed by atoms with van der Waals surface area (Å²) in [6, 6.07) is 4.11. The Bertz CT molecular complexity index is 440. The van der Waals surface area contributed by atoms with Crippen LogP contribution >= 0.6 is 0 Å². The van der Waals surface area contributed by atoms with Crippen LogP contribution in [0, 0.1) is 13.8 Å². The van der Waals surface area contributed by atoms with Crippen LogP contribution < -0.4 is 10.2 Å². The van der Waals surface area contributed by atoms with Crippen molar-refractivity contribution in [2.45, 2.75) is 33.2 Å². The number of fused-ring (bicyclic) bond motifs is 1. The molecule has 16 heavy (non-hydrogen) atoms. The minimum Gasteiger partial charge on any atom is -0.372 e. The number of carbonyl (C=O) groups is 1. The van der Waals surface area contributed by atoms with Gasteiger partial charge in [0.2, 0.25) is 5.91 Å². The van der Waals surface area contributed by atoms with Gasteiger partial charge in [-0.3, -0.25) is 4.79 Å². The van der Waals surface area contributed by atoms with Gasteiger partial charge in [0, 0.05) is 7.05 Å². The van der Waals surface area contributed by atoms with Crippen LogP contribution in [0.25, 0.3) is 0 Å². The summed E-state index contributed by atoms with van der Waals surface area (Å²) in [6.07, 6.45) is 0.815. The summed E-state index contributed by atoms with van der Waals surface area (Å²) in [7, 11) is 1.85. The maximum absolute atomic E-state index is 12.0. The zero-order valence-electron chi connectivity index (χ0n) is 10.3. The van der Waals surface area contributed by atoms with Crippen LogP contribution in [-0.4, -0.2) is 19.0 Å². The van der Waals surface area contributed by atoms with Gasteiger partial charge >= 0.3 is 0 Å². The first-order valence-corrected chi connectivity index (χ1v) is 5.70. The number of hydrogen-bond donors (Lipinski definition) is 1. The van der Waals surface area contributed by atoms with Crippen LogP contribution in [0.15, 0.2) is 12.1 Å². The Morgan fingerprint density at radius 3 is 2.56 bits per heavy atom. The lowest BCUT2D eigenvalue weighted by Gasteiger charge is -2.33. The highest BCUT2D eigenvalue weighted by molar-refractivity contribution is 6.04. The van der Waals surface area contributed by atoms with Gasteiger partial charge in [0.15, 0.2) is 0 Å². The van der Waals surface area contributed by atoms with Gasteiger partial charge in [-0.15, -0.1) is 0 Å². The van der Waals surface area contributed by atoms with Crippen molar-refractivity contribution in [3.05, 3.63) is 23.3 Å². The number of nitrogens with zero attached hydrogens (tertiary/aromatic N) is 1. The molecule has 1 amide bonds. The van der Waals surface area contributed by atoms with Gasteiger partial charge < -0.3 is 10.2 Å². The summed E-state index contributed by atoms with van der Waals surface area (Å²) in [5.74, 6) is 0.151. The molecule has 1 unspecified atom stereocenters. The van der Waals surface area contributed by atoms with Crippen molar-refractivity contribution in [1.29, 1.82) is 0 Å². The number of likely N-dealkylation sites (N-methyl/N-ethyl adjacent to an activating group) is 1. The van der Waals surface area contributed by atoms with Gasteiger partial charge in [0.1, 0.15) is 6.04 Å². The molecule has 0 saturated heterocycles. The summed E-state index contributed by atoms with van der Waals surface area (Å²) in [5.41, 5.74) is 4.52. The van der Waals surface area contributed by atoms with E-state index in [1.165, 1.54) is 11.1 Å². The van der Waals surface area contributed by atoms with E-state index in [9.17, 15) is 4.79 Å². The largest absolute Gasteiger partial charge is 0.372 e. The standard InChI is InChI=1S/C13H18N2O/c1-5-10-13(16)15(4)12-7-9(3)8(2)6-11(12)14-10/h6-7,10,14H,5H2,1-4H3. The number of nitrogens with one attached hydrogen (secondary N) is 1. The molecule has 86 valence electrons. The van der Waals surface area contributed by atoms with Crippen LogP contribution in [0.4, 0.5) is 11.4 Å². The number of aryl methyl sites for hydroxylation is 2. The number of carbonyl (C=O) groups excluding carboxylic acids is 1. The number of amides is 1. The van der Waals surface area contributed by atoms with Crippen molar-refractivity contribution in [3.8, 4) is 0 Å². The molecular formula is C13H18N2O. The maximum Gasteiger partial charge on any atom is 0.249 e. The third kappa shape index (κ3) is 1.56. The van der Waals surface area contributed by atoms with E-state index in [1.54, 1.807) is 4.90 Å². The molecule has 0 aliphatic carbocycles. The first-order chi connectivity index (χ1) is 7.54. The second-order valence-corrected chi connectivity index (χ2v) is 4.46. The van der Waals surface area contributed by atoms with Gasteiger partial charge in [0.25, 0.3) is 0 Å². The molecule has 2 rings (SSSR count).